The highest BCUT2D eigenvalue weighted by atomic mass is 32.1. The molecule has 0 unspecified atom stereocenters. The van der Waals surface area contributed by atoms with Crippen LogP contribution in [0.4, 0.5) is 0 Å². The van der Waals surface area contributed by atoms with E-state index in [1.165, 1.54) is 10.9 Å². The van der Waals surface area contributed by atoms with Gasteiger partial charge in [0.1, 0.15) is 9.71 Å². The number of Topliss-reactive ketones (excluding diaryl/α,β-unsaturated/α-hetero) is 1. The van der Waals surface area contributed by atoms with E-state index in [9.17, 15) is 14.4 Å². The molecule has 0 amide bonds. The van der Waals surface area contributed by atoms with E-state index < -0.39 is 5.97 Å². The number of aryl methyl sites for hydroxylation is 1. The first-order valence-electron chi connectivity index (χ1n) is 10.7. The highest BCUT2D eigenvalue weighted by molar-refractivity contribution is 7.20. The van der Waals surface area contributed by atoms with Crippen molar-refractivity contribution in [2.45, 2.75) is 27.3 Å². The van der Waals surface area contributed by atoms with Gasteiger partial charge in [0.15, 0.2) is 5.78 Å². The Kier molecular flexibility index (Phi) is 6.51. The summed E-state index contributed by atoms with van der Waals surface area (Å²) in [5.41, 5.74) is 2.79. The van der Waals surface area contributed by atoms with Crippen LogP contribution in [0, 0.1) is 12.8 Å². The van der Waals surface area contributed by atoms with Gasteiger partial charge in [-0.05, 0) is 29.5 Å². The predicted octanol–water partition coefficient (Wildman–Crippen LogP) is 5.13. The van der Waals surface area contributed by atoms with Crippen LogP contribution in [-0.4, -0.2) is 27.9 Å². The second-order valence-corrected chi connectivity index (χ2v) is 9.27. The summed E-state index contributed by atoms with van der Waals surface area (Å²) in [7, 11) is 0. The minimum atomic E-state index is -0.454. The highest BCUT2D eigenvalue weighted by Gasteiger charge is 2.21. The summed E-state index contributed by atoms with van der Waals surface area (Å²) in [6.45, 7) is 5.80. The van der Waals surface area contributed by atoms with Gasteiger partial charge in [0.25, 0.3) is 5.56 Å². The molecule has 0 saturated heterocycles. The summed E-state index contributed by atoms with van der Waals surface area (Å²) < 4.78 is 6.61. The van der Waals surface area contributed by atoms with Crippen molar-refractivity contribution in [1.82, 2.24) is 9.55 Å². The number of thiophene rings is 1. The van der Waals surface area contributed by atoms with Gasteiger partial charge in [-0.3, -0.25) is 14.2 Å². The molecule has 0 saturated carbocycles. The number of nitrogens with zero attached hydrogens (tertiary/aromatic N) is 2. The Morgan fingerprint density at radius 2 is 1.70 bits per heavy atom. The number of ether oxygens (including phenoxy) is 1. The molecule has 0 atom stereocenters. The smallest absolute Gasteiger partial charge is 0.348 e. The van der Waals surface area contributed by atoms with Crippen molar-refractivity contribution >= 4 is 33.3 Å². The molecule has 2 heterocycles. The molecule has 0 bridgehead atoms. The van der Waals surface area contributed by atoms with Crippen LogP contribution in [0.2, 0.25) is 0 Å². The largest absolute Gasteiger partial charge is 0.461 e. The van der Waals surface area contributed by atoms with E-state index in [1.54, 1.807) is 19.1 Å². The first-order chi connectivity index (χ1) is 15.8. The van der Waals surface area contributed by atoms with Gasteiger partial charge < -0.3 is 4.74 Å². The average molecular weight is 461 g/mol. The first-order valence-corrected chi connectivity index (χ1v) is 11.5. The van der Waals surface area contributed by atoms with E-state index in [0.717, 1.165) is 22.5 Å². The number of hydrogen-bond acceptors (Lipinski definition) is 6. The average Bonchev–Trinajstić information content (AvgIpc) is 3.17. The summed E-state index contributed by atoms with van der Waals surface area (Å²) in [5, 5.41) is 0.353. The molecular formula is C26H24N2O4S. The lowest BCUT2D eigenvalue weighted by molar-refractivity contribution is 0.0464. The SMILES string of the molecule is Cc1c(C(=O)OCC(C)C)sc2ncn(CC(=O)c3ccc(-c4ccccc4)cc3)c(=O)c12. The van der Waals surface area contributed by atoms with Crippen LogP contribution < -0.4 is 5.56 Å². The van der Waals surface area contributed by atoms with Crippen LogP contribution in [0.3, 0.4) is 0 Å². The van der Waals surface area contributed by atoms with Gasteiger partial charge in [-0.25, -0.2) is 9.78 Å². The second-order valence-electron chi connectivity index (χ2n) is 8.27. The van der Waals surface area contributed by atoms with Crippen LogP contribution >= 0.6 is 11.3 Å². The van der Waals surface area contributed by atoms with E-state index >= 15 is 0 Å². The molecule has 4 rings (SSSR count). The molecule has 2 aromatic carbocycles. The molecular weight excluding hydrogens is 436 g/mol. The molecule has 0 aliphatic heterocycles. The molecule has 0 aliphatic carbocycles. The number of esters is 1. The molecule has 0 radical (unpaired) electrons. The number of carbonyl (C=O) groups excluding carboxylic acids is 2. The molecule has 0 N–H and O–H groups in total. The van der Waals surface area contributed by atoms with Crippen LogP contribution in [-0.2, 0) is 11.3 Å². The maximum absolute atomic E-state index is 13.1. The number of rotatable bonds is 7. The van der Waals surface area contributed by atoms with E-state index in [0.29, 0.717) is 32.8 Å². The van der Waals surface area contributed by atoms with E-state index in [2.05, 4.69) is 4.98 Å². The Bertz CT molecular complexity index is 1370. The molecule has 6 nitrogen and oxygen atoms in total. The Balaban J connectivity index is 1.57. The Hall–Kier alpha value is -3.58. The van der Waals surface area contributed by atoms with Crippen LogP contribution in [0.5, 0.6) is 0 Å². The van der Waals surface area contributed by atoms with Gasteiger partial charge in [-0.2, -0.15) is 0 Å². The van der Waals surface area contributed by atoms with E-state index in [-0.39, 0.29) is 23.8 Å². The van der Waals surface area contributed by atoms with Crippen LogP contribution in [0.1, 0.15) is 39.4 Å². The van der Waals surface area contributed by atoms with Crippen molar-refractivity contribution in [3.8, 4) is 11.1 Å². The van der Waals surface area contributed by atoms with Gasteiger partial charge in [0.05, 0.1) is 24.9 Å². The van der Waals surface area contributed by atoms with Crippen LogP contribution in [0.25, 0.3) is 21.3 Å². The second kappa shape index (κ2) is 9.50. The molecule has 2 aromatic heterocycles. The zero-order valence-corrected chi connectivity index (χ0v) is 19.5. The van der Waals surface area contributed by atoms with Crippen molar-refractivity contribution in [3.63, 3.8) is 0 Å². The zero-order valence-electron chi connectivity index (χ0n) is 18.7. The Morgan fingerprint density at radius 1 is 1.03 bits per heavy atom. The van der Waals surface area contributed by atoms with Gasteiger partial charge in [0, 0.05) is 5.56 Å². The van der Waals surface area contributed by atoms with Crippen molar-refractivity contribution in [1.29, 1.82) is 0 Å². The molecule has 168 valence electrons. The third-order valence-corrected chi connectivity index (χ3v) is 6.46. The maximum Gasteiger partial charge on any atom is 0.348 e. The lowest BCUT2D eigenvalue weighted by Crippen LogP contribution is -2.24. The summed E-state index contributed by atoms with van der Waals surface area (Å²) in [6, 6.07) is 17.2. The van der Waals surface area contributed by atoms with Gasteiger partial charge in [0.2, 0.25) is 0 Å². The van der Waals surface area contributed by atoms with Gasteiger partial charge in [-0.15, -0.1) is 11.3 Å². The van der Waals surface area contributed by atoms with Crippen molar-refractivity contribution in [3.05, 3.63) is 87.3 Å². The number of aromatic nitrogens is 2. The summed E-state index contributed by atoms with van der Waals surface area (Å²) >= 11 is 1.14. The molecule has 4 aromatic rings. The van der Waals surface area contributed by atoms with E-state index in [1.807, 2.05) is 56.3 Å². The topological polar surface area (TPSA) is 78.3 Å². The van der Waals surface area contributed by atoms with Crippen molar-refractivity contribution < 1.29 is 14.3 Å². The number of carbonyl (C=O) groups is 2. The first kappa shape index (κ1) is 22.6. The van der Waals surface area contributed by atoms with Crippen molar-refractivity contribution in [2.24, 2.45) is 5.92 Å². The molecule has 33 heavy (non-hydrogen) atoms. The summed E-state index contributed by atoms with van der Waals surface area (Å²) in [5.74, 6) is -0.432. The fourth-order valence-electron chi connectivity index (χ4n) is 3.50. The third-order valence-electron chi connectivity index (χ3n) is 5.28. The number of ketones is 1. The zero-order chi connectivity index (χ0) is 23.5. The minimum absolute atomic E-state index is 0.130. The van der Waals surface area contributed by atoms with E-state index in [4.69, 9.17) is 4.74 Å². The molecule has 0 aliphatic rings. The minimum Gasteiger partial charge on any atom is -0.461 e. The number of fused-ring (bicyclic) bond motifs is 1. The Morgan fingerprint density at radius 3 is 2.36 bits per heavy atom. The molecule has 0 fully saturated rings. The third kappa shape index (κ3) is 4.78. The lowest BCUT2D eigenvalue weighted by Gasteiger charge is -2.07. The fraction of sp³-hybridized carbons (Fsp3) is 0.231. The maximum atomic E-state index is 13.1. The standard InChI is InChI=1S/C26H24N2O4S/c1-16(2)14-32-26(31)23-17(3)22-24(33-23)27-15-28(25(22)30)13-21(29)20-11-9-19(10-12-20)18-7-5-4-6-8-18/h4-12,15-16H,13-14H2,1-3H3. The number of hydrogen-bond donors (Lipinski definition) is 0. The van der Waals surface area contributed by atoms with Crippen LogP contribution in [0.15, 0.2) is 65.7 Å². The normalized spacial score (nSPS) is 11.2. The lowest BCUT2D eigenvalue weighted by atomic mass is 10.0. The number of benzene rings is 2. The fourth-order valence-corrected chi connectivity index (χ4v) is 4.53. The predicted molar refractivity (Wildman–Crippen MR) is 130 cm³/mol. The van der Waals surface area contributed by atoms with Gasteiger partial charge >= 0.3 is 5.97 Å². The summed E-state index contributed by atoms with van der Waals surface area (Å²) in [4.78, 5) is 43.5. The molecule has 7 heteroatoms. The quantitative estimate of drug-likeness (QED) is 0.282. The monoisotopic (exact) mass is 460 g/mol. The summed E-state index contributed by atoms with van der Waals surface area (Å²) in [6.07, 6.45) is 1.36. The molecule has 0 spiro atoms. The Labute approximate surface area is 195 Å². The van der Waals surface area contributed by atoms with Crippen molar-refractivity contribution in [2.75, 3.05) is 6.61 Å². The highest BCUT2D eigenvalue weighted by Crippen LogP contribution is 2.27. The van der Waals surface area contributed by atoms with Gasteiger partial charge in [-0.1, -0.05) is 68.4 Å².